The molecule has 1 heterocycles. The molecule has 0 spiro atoms. The van der Waals surface area contributed by atoms with Crippen molar-refractivity contribution in [3.05, 3.63) is 0 Å². The molecule has 0 aromatic rings. The molecule has 1 amide bonds. The lowest BCUT2D eigenvalue weighted by atomic mass is 9.96. The van der Waals surface area contributed by atoms with Crippen molar-refractivity contribution in [3.63, 3.8) is 0 Å². The van der Waals surface area contributed by atoms with Gasteiger partial charge in [-0.25, -0.2) is 4.79 Å². The summed E-state index contributed by atoms with van der Waals surface area (Å²) in [7, 11) is 0. The average molecular weight is 245 g/mol. The molecule has 0 saturated carbocycles. The Labute approximate surface area is 100 Å². The van der Waals surface area contributed by atoms with Gasteiger partial charge in [0.25, 0.3) is 0 Å². The predicted octanol–water partition coefficient (Wildman–Crippen LogP) is 1.59. The van der Waals surface area contributed by atoms with E-state index < -0.39 is 12.0 Å². The predicted molar refractivity (Wildman–Crippen MR) is 64.6 cm³/mol. The highest BCUT2D eigenvalue weighted by atomic mass is 32.2. The summed E-state index contributed by atoms with van der Waals surface area (Å²) in [5.41, 5.74) is 0. The van der Waals surface area contributed by atoms with Crippen LogP contribution in [-0.2, 0) is 9.59 Å². The third kappa shape index (κ3) is 3.14. The van der Waals surface area contributed by atoms with Gasteiger partial charge in [0.15, 0.2) is 0 Å². The number of carbonyl (C=O) groups is 2. The smallest absolute Gasteiger partial charge is 0.326 e. The Kier molecular flexibility index (Phi) is 5.12. The van der Waals surface area contributed by atoms with Gasteiger partial charge >= 0.3 is 5.97 Å². The van der Waals surface area contributed by atoms with Gasteiger partial charge in [0.2, 0.25) is 5.91 Å². The largest absolute Gasteiger partial charge is 0.480 e. The molecule has 5 heteroatoms. The van der Waals surface area contributed by atoms with Crippen LogP contribution in [0.15, 0.2) is 0 Å². The van der Waals surface area contributed by atoms with Crippen molar-refractivity contribution in [2.24, 2.45) is 0 Å². The molecule has 16 heavy (non-hydrogen) atoms. The lowest BCUT2D eigenvalue weighted by Gasteiger charge is -2.38. The van der Waals surface area contributed by atoms with Gasteiger partial charge in [-0.3, -0.25) is 4.79 Å². The van der Waals surface area contributed by atoms with Gasteiger partial charge in [0.05, 0.1) is 0 Å². The summed E-state index contributed by atoms with van der Waals surface area (Å²) in [6.07, 6.45) is 4.78. The van der Waals surface area contributed by atoms with Crippen molar-refractivity contribution in [1.82, 2.24) is 4.90 Å². The molecule has 0 aromatic heterocycles. The molecule has 1 fully saturated rings. The summed E-state index contributed by atoms with van der Waals surface area (Å²) in [6.45, 7) is 1.94. The number of likely N-dealkylation sites (tertiary alicyclic amines) is 1. The monoisotopic (exact) mass is 245 g/mol. The van der Waals surface area contributed by atoms with Crippen molar-refractivity contribution in [2.75, 3.05) is 12.0 Å². The van der Waals surface area contributed by atoms with E-state index >= 15 is 0 Å². The summed E-state index contributed by atoms with van der Waals surface area (Å²) >= 11 is 1.61. The number of rotatable bonds is 4. The maximum absolute atomic E-state index is 11.9. The van der Waals surface area contributed by atoms with Gasteiger partial charge < -0.3 is 10.0 Å². The number of thioether (sulfide) groups is 1. The van der Waals surface area contributed by atoms with Crippen molar-refractivity contribution in [1.29, 1.82) is 0 Å². The standard InChI is InChI=1S/C11H19NO3S/c1-8-4-3-5-9(11(14)15)12(8)10(13)6-7-16-2/h8-9H,3-7H2,1-2H3,(H,14,15)/t8-,9-/m1/s1. The van der Waals surface area contributed by atoms with Crippen LogP contribution in [0.3, 0.4) is 0 Å². The maximum Gasteiger partial charge on any atom is 0.326 e. The minimum atomic E-state index is -0.871. The quantitative estimate of drug-likeness (QED) is 0.817. The number of carboxylic acids is 1. The second-order valence-electron chi connectivity index (χ2n) is 4.18. The van der Waals surface area contributed by atoms with Gasteiger partial charge in [-0.15, -0.1) is 0 Å². The molecule has 1 N–H and O–H groups in total. The van der Waals surface area contributed by atoms with E-state index in [0.29, 0.717) is 12.8 Å². The Bertz CT molecular complexity index is 270. The van der Waals surface area contributed by atoms with E-state index in [4.69, 9.17) is 5.11 Å². The maximum atomic E-state index is 11.9. The zero-order valence-corrected chi connectivity index (χ0v) is 10.6. The summed E-state index contributed by atoms with van der Waals surface area (Å²) in [5, 5.41) is 9.10. The summed E-state index contributed by atoms with van der Waals surface area (Å²) < 4.78 is 0. The highest BCUT2D eigenvalue weighted by Gasteiger charge is 2.35. The van der Waals surface area contributed by atoms with Gasteiger partial charge in [0, 0.05) is 18.2 Å². The Morgan fingerprint density at radius 3 is 2.69 bits per heavy atom. The number of hydrogen-bond acceptors (Lipinski definition) is 3. The van der Waals surface area contributed by atoms with E-state index in [1.165, 1.54) is 0 Å². The van der Waals surface area contributed by atoms with Crippen molar-refractivity contribution < 1.29 is 14.7 Å². The molecule has 92 valence electrons. The van der Waals surface area contributed by atoms with Gasteiger partial charge in [-0.2, -0.15) is 11.8 Å². The summed E-state index contributed by atoms with van der Waals surface area (Å²) in [4.78, 5) is 24.6. The average Bonchev–Trinajstić information content (AvgIpc) is 2.25. The Morgan fingerprint density at radius 1 is 1.44 bits per heavy atom. The molecule has 1 rings (SSSR count). The van der Waals surface area contributed by atoms with Crippen LogP contribution in [0.2, 0.25) is 0 Å². The first-order valence-electron chi connectivity index (χ1n) is 5.60. The minimum Gasteiger partial charge on any atom is -0.480 e. The van der Waals surface area contributed by atoms with Crippen LogP contribution in [0.4, 0.5) is 0 Å². The first-order chi connectivity index (χ1) is 7.57. The van der Waals surface area contributed by atoms with E-state index in [1.807, 2.05) is 13.2 Å². The highest BCUT2D eigenvalue weighted by Crippen LogP contribution is 2.24. The van der Waals surface area contributed by atoms with Crippen LogP contribution in [0, 0.1) is 0 Å². The molecule has 1 saturated heterocycles. The fraction of sp³-hybridized carbons (Fsp3) is 0.818. The number of hydrogen-bond donors (Lipinski definition) is 1. The fourth-order valence-electron chi connectivity index (χ4n) is 2.17. The molecule has 0 bridgehead atoms. The summed E-state index contributed by atoms with van der Waals surface area (Å²) in [6, 6.07) is -0.553. The molecular formula is C11H19NO3S. The first-order valence-corrected chi connectivity index (χ1v) is 7.00. The van der Waals surface area contributed by atoms with Crippen LogP contribution >= 0.6 is 11.8 Å². The van der Waals surface area contributed by atoms with Crippen LogP contribution in [0.1, 0.15) is 32.6 Å². The zero-order valence-electron chi connectivity index (χ0n) is 9.81. The zero-order chi connectivity index (χ0) is 12.1. The van der Waals surface area contributed by atoms with Crippen molar-refractivity contribution in [2.45, 2.75) is 44.7 Å². The normalized spacial score (nSPS) is 25.5. The van der Waals surface area contributed by atoms with Gasteiger partial charge in [-0.1, -0.05) is 0 Å². The number of nitrogens with zero attached hydrogens (tertiary/aromatic N) is 1. The van der Waals surface area contributed by atoms with Crippen LogP contribution < -0.4 is 0 Å². The molecule has 0 radical (unpaired) electrons. The molecule has 2 atom stereocenters. The third-order valence-electron chi connectivity index (χ3n) is 3.00. The summed E-state index contributed by atoms with van der Waals surface area (Å²) in [5.74, 6) is -0.132. The van der Waals surface area contributed by atoms with E-state index in [0.717, 1.165) is 18.6 Å². The van der Waals surface area contributed by atoms with E-state index in [9.17, 15) is 9.59 Å². The lowest BCUT2D eigenvalue weighted by molar-refractivity contribution is -0.154. The number of carbonyl (C=O) groups excluding carboxylic acids is 1. The SMILES string of the molecule is CSCCC(=O)N1[C@H](C)CCC[C@@H]1C(=O)O. The number of aliphatic carboxylic acids is 1. The Morgan fingerprint density at radius 2 is 2.12 bits per heavy atom. The van der Waals surface area contributed by atoms with Crippen molar-refractivity contribution >= 4 is 23.6 Å². The van der Waals surface area contributed by atoms with Crippen LogP contribution in [-0.4, -0.2) is 46.0 Å². The Hall–Kier alpha value is -0.710. The van der Waals surface area contributed by atoms with Crippen LogP contribution in [0.25, 0.3) is 0 Å². The molecule has 0 aliphatic carbocycles. The second kappa shape index (κ2) is 6.13. The second-order valence-corrected chi connectivity index (χ2v) is 5.16. The van der Waals surface area contributed by atoms with E-state index in [-0.39, 0.29) is 11.9 Å². The van der Waals surface area contributed by atoms with Gasteiger partial charge in [-0.05, 0) is 32.4 Å². The van der Waals surface area contributed by atoms with E-state index in [1.54, 1.807) is 16.7 Å². The molecule has 0 aromatic carbocycles. The van der Waals surface area contributed by atoms with E-state index in [2.05, 4.69) is 0 Å². The molecule has 4 nitrogen and oxygen atoms in total. The topological polar surface area (TPSA) is 57.6 Å². The lowest BCUT2D eigenvalue weighted by Crippen LogP contribution is -2.52. The highest BCUT2D eigenvalue weighted by molar-refractivity contribution is 7.98. The number of carboxylic acid groups (broad SMARTS) is 1. The van der Waals surface area contributed by atoms with Gasteiger partial charge in [0.1, 0.15) is 6.04 Å². The molecule has 1 aliphatic heterocycles. The minimum absolute atomic E-state index is 0.0195. The molecule has 1 aliphatic rings. The number of piperidine rings is 1. The molecular weight excluding hydrogens is 226 g/mol. The first kappa shape index (κ1) is 13.4. The third-order valence-corrected chi connectivity index (χ3v) is 3.62. The van der Waals surface area contributed by atoms with Crippen molar-refractivity contribution in [3.8, 4) is 0 Å². The number of amides is 1. The Balaban J connectivity index is 2.69. The van der Waals surface area contributed by atoms with Crippen LogP contribution in [0.5, 0.6) is 0 Å². The fourth-order valence-corrected chi connectivity index (χ4v) is 2.55. The molecule has 0 unspecified atom stereocenters.